The van der Waals surface area contributed by atoms with Crippen molar-refractivity contribution in [1.29, 1.82) is 0 Å². The molecular weight excluding hydrogens is 525 g/mol. The Hall–Kier alpha value is -3.93. The Labute approximate surface area is 240 Å². The average molecular weight is 563 g/mol. The molecule has 41 heavy (non-hydrogen) atoms. The van der Waals surface area contributed by atoms with Gasteiger partial charge in [0.25, 0.3) is 0 Å². The standard InChI is InChI=1S/C35H37F3O3/c1-2-39-29-16-12-27(13-17-29)33-21-19-31(25-35(33)38)41-23-9-7-5-3-4-6-8-22-40-30-18-20-32(34(37)24-30)26-10-14-28(36)15-11-26/h10-21,24-25H,2-9,22-23H2,1H3. The highest BCUT2D eigenvalue weighted by atomic mass is 19.1. The van der Waals surface area contributed by atoms with E-state index in [1.54, 1.807) is 30.3 Å². The molecule has 0 bridgehead atoms. The Balaban J connectivity index is 1.05. The van der Waals surface area contributed by atoms with Crippen molar-refractivity contribution in [2.45, 2.75) is 51.9 Å². The maximum atomic E-state index is 14.6. The van der Waals surface area contributed by atoms with Crippen LogP contribution in [-0.4, -0.2) is 19.8 Å². The number of halogens is 3. The highest BCUT2D eigenvalue weighted by molar-refractivity contribution is 5.66. The molecule has 4 rings (SSSR count). The fourth-order valence-corrected chi connectivity index (χ4v) is 4.63. The summed E-state index contributed by atoms with van der Waals surface area (Å²) < 4.78 is 59.1. The summed E-state index contributed by atoms with van der Waals surface area (Å²) >= 11 is 0. The van der Waals surface area contributed by atoms with E-state index in [4.69, 9.17) is 14.2 Å². The third-order valence-electron chi connectivity index (χ3n) is 6.84. The summed E-state index contributed by atoms with van der Waals surface area (Å²) in [6.07, 6.45) is 7.29. The van der Waals surface area contributed by atoms with Crippen LogP contribution in [0.1, 0.15) is 51.9 Å². The molecule has 0 N–H and O–H groups in total. The van der Waals surface area contributed by atoms with Crippen molar-refractivity contribution >= 4 is 0 Å². The van der Waals surface area contributed by atoms with Crippen LogP contribution in [0.25, 0.3) is 22.3 Å². The molecular formula is C35H37F3O3. The molecule has 0 aliphatic heterocycles. The SMILES string of the molecule is CCOc1ccc(-c2ccc(OCCCCCCCCCOc3ccc(-c4ccc(F)cc4)c(F)c3)cc2F)cc1. The van der Waals surface area contributed by atoms with E-state index < -0.39 is 0 Å². The van der Waals surface area contributed by atoms with E-state index >= 15 is 0 Å². The molecule has 0 aromatic heterocycles. The molecule has 0 amide bonds. The van der Waals surface area contributed by atoms with Crippen LogP contribution in [-0.2, 0) is 0 Å². The topological polar surface area (TPSA) is 27.7 Å². The molecule has 0 radical (unpaired) electrons. The molecule has 4 aromatic carbocycles. The number of unbranched alkanes of at least 4 members (excludes halogenated alkanes) is 6. The zero-order valence-electron chi connectivity index (χ0n) is 23.5. The fraction of sp³-hybridized carbons (Fsp3) is 0.314. The molecule has 3 nitrogen and oxygen atoms in total. The van der Waals surface area contributed by atoms with Crippen LogP contribution < -0.4 is 14.2 Å². The molecule has 0 fully saturated rings. The molecule has 0 saturated carbocycles. The molecule has 0 spiro atoms. The zero-order valence-corrected chi connectivity index (χ0v) is 23.5. The quantitative estimate of drug-likeness (QED) is 0.127. The molecule has 216 valence electrons. The van der Waals surface area contributed by atoms with Gasteiger partial charge >= 0.3 is 0 Å². The van der Waals surface area contributed by atoms with Gasteiger partial charge in [-0.15, -0.1) is 0 Å². The van der Waals surface area contributed by atoms with Gasteiger partial charge in [-0.25, -0.2) is 13.2 Å². The average Bonchev–Trinajstić information content (AvgIpc) is 2.97. The van der Waals surface area contributed by atoms with Crippen LogP contribution >= 0.6 is 0 Å². The van der Waals surface area contributed by atoms with E-state index in [0.29, 0.717) is 48.0 Å². The highest BCUT2D eigenvalue weighted by Crippen LogP contribution is 2.29. The highest BCUT2D eigenvalue weighted by Gasteiger charge is 2.09. The minimum absolute atomic E-state index is 0.303. The van der Waals surface area contributed by atoms with E-state index in [2.05, 4.69) is 0 Å². The zero-order chi connectivity index (χ0) is 28.9. The molecule has 0 saturated heterocycles. The first-order chi connectivity index (χ1) is 20.0. The lowest BCUT2D eigenvalue weighted by Gasteiger charge is -2.10. The second-order valence-corrected chi connectivity index (χ2v) is 9.92. The molecule has 0 aliphatic carbocycles. The van der Waals surface area contributed by atoms with Gasteiger partial charge in [0.1, 0.15) is 34.7 Å². The Morgan fingerprint density at radius 1 is 0.463 bits per heavy atom. The summed E-state index contributed by atoms with van der Waals surface area (Å²) in [4.78, 5) is 0. The Morgan fingerprint density at radius 2 is 0.878 bits per heavy atom. The van der Waals surface area contributed by atoms with E-state index in [9.17, 15) is 13.2 Å². The number of hydrogen-bond acceptors (Lipinski definition) is 3. The molecule has 0 atom stereocenters. The third kappa shape index (κ3) is 9.31. The predicted molar refractivity (Wildman–Crippen MR) is 158 cm³/mol. The minimum Gasteiger partial charge on any atom is -0.494 e. The summed E-state index contributed by atoms with van der Waals surface area (Å²) in [6, 6.07) is 23.0. The minimum atomic E-state index is -0.385. The van der Waals surface area contributed by atoms with Crippen LogP contribution in [0.2, 0.25) is 0 Å². The van der Waals surface area contributed by atoms with Gasteiger partial charge in [-0.1, -0.05) is 56.4 Å². The van der Waals surface area contributed by atoms with Gasteiger partial charge in [0.05, 0.1) is 19.8 Å². The second-order valence-electron chi connectivity index (χ2n) is 9.92. The van der Waals surface area contributed by atoms with Crippen LogP contribution in [0.4, 0.5) is 13.2 Å². The van der Waals surface area contributed by atoms with Gasteiger partial charge in [0.2, 0.25) is 0 Å². The van der Waals surface area contributed by atoms with E-state index in [-0.39, 0.29) is 17.5 Å². The van der Waals surface area contributed by atoms with Crippen molar-refractivity contribution in [3.05, 3.63) is 102 Å². The van der Waals surface area contributed by atoms with Crippen molar-refractivity contribution in [1.82, 2.24) is 0 Å². The van der Waals surface area contributed by atoms with Crippen molar-refractivity contribution in [3.63, 3.8) is 0 Å². The maximum Gasteiger partial charge on any atom is 0.134 e. The second kappa shape index (κ2) is 15.8. The van der Waals surface area contributed by atoms with Crippen molar-refractivity contribution in [2.75, 3.05) is 19.8 Å². The van der Waals surface area contributed by atoms with Gasteiger partial charge in [0, 0.05) is 23.3 Å². The van der Waals surface area contributed by atoms with Crippen LogP contribution in [0, 0.1) is 17.5 Å². The molecule has 6 heteroatoms. The lowest BCUT2D eigenvalue weighted by molar-refractivity contribution is 0.298. The third-order valence-corrected chi connectivity index (χ3v) is 6.84. The fourth-order valence-electron chi connectivity index (χ4n) is 4.63. The van der Waals surface area contributed by atoms with Crippen LogP contribution in [0.3, 0.4) is 0 Å². The maximum absolute atomic E-state index is 14.6. The van der Waals surface area contributed by atoms with Gasteiger partial charge in [0.15, 0.2) is 0 Å². The van der Waals surface area contributed by atoms with Crippen molar-refractivity contribution in [3.8, 4) is 39.5 Å². The summed E-state index contributed by atoms with van der Waals surface area (Å²) in [5.74, 6) is 0.777. The van der Waals surface area contributed by atoms with Crippen LogP contribution in [0.5, 0.6) is 17.2 Å². The largest absolute Gasteiger partial charge is 0.494 e. The van der Waals surface area contributed by atoms with Gasteiger partial charge < -0.3 is 14.2 Å². The van der Waals surface area contributed by atoms with E-state index in [1.165, 1.54) is 24.3 Å². The first-order valence-electron chi connectivity index (χ1n) is 14.4. The van der Waals surface area contributed by atoms with Gasteiger partial charge in [-0.2, -0.15) is 0 Å². The Bertz CT molecular complexity index is 1350. The molecule has 4 aromatic rings. The smallest absolute Gasteiger partial charge is 0.134 e. The first kappa shape index (κ1) is 30.0. The predicted octanol–water partition coefficient (Wildman–Crippen LogP) is 10.0. The molecule has 0 heterocycles. The molecule has 0 unspecified atom stereocenters. The lowest BCUT2D eigenvalue weighted by Crippen LogP contribution is -1.99. The number of ether oxygens (including phenoxy) is 3. The Kier molecular flexibility index (Phi) is 11.5. The van der Waals surface area contributed by atoms with Crippen LogP contribution in [0.15, 0.2) is 84.9 Å². The Morgan fingerprint density at radius 3 is 1.32 bits per heavy atom. The number of benzene rings is 4. The first-order valence-corrected chi connectivity index (χ1v) is 14.4. The number of hydrogen-bond donors (Lipinski definition) is 0. The monoisotopic (exact) mass is 562 g/mol. The summed E-state index contributed by atoms with van der Waals surface area (Å²) in [5, 5.41) is 0. The summed E-state index contributed by atoms with van der Waals surface area (Å²) in [6.45, 7) is 3.62. The normalized spacial score (nSPS) is 10.9. The van der Waals surface area contributed by atoms with Crippen molar-refractivity contribution in [2.24, 2.45) is 0 Å². The number of rotatable bonds is 16. The summed E-state index contributed by atoms with van der Waals surface area (Å²) in [5.41, 5.74) is 2.39. The van der Waals surface area contributed by atoms with Gasteiger partial charge in [-0.05, 0) is 79.4 Å². The van der Waals surface area contributed by atoms with Gasteiger partial charge in [-0.3, -0.25) is 0 Å². The molecule has 0 aliphatic rings. The van der Waals surface area contributed by atoms with Crippen molar-refractivity contribution < 1.29 is 27.4 Å². The summed E-state index contributed by atoms with van der Waals surface area (Å²) in [7, 11) is 0. The van der Waals surface area contributed by atoms with E-state index in [0.717, 1.165) is 56.3 Å². The lowest BCUT2D eigenvalue weighted by atomic mass is 10.0. The van der Waals surface area contributed by atoms with E-state index in [1.807, 2.05) is 37.3 Å².